The van der Waals surface area contributed by atoms with Crippen molar-refractivity contribution in [1.82, 2.24) is 0 Å². The molecule has 102 valence electrons. The molecule has 0 aromatic heterocycles. The molecule has 0 heterocycles. The minimum Gasteiger partial charge on any atom is -0.323 e. The number of carbonyl (C=O) groups excluding carboxylic acids is 1. The molecule has 3 heteroatoms. The van der Waals surface area contributed by atoms with Gasteiger partial charge in [0.05, 0.1) is 0 Å². The van der Waals surface area contributed by atoms with Gasteiger partial charge in [0, 0.05) is 16.2 Å². The van der Waals surface area contributed by atoms with E-state index in [9.17, 15) is 4.79 Å². The van der Waals surface area contributed by atoms with Gasteiger partial charge in [0.25, 0.3) is 0 Å². The molecule has 0 spiro atoms. The molecule has 0 aliphatic heterocycles. The summed E-state index contributed by atoms with van der Waals surface area (Å²) in [5, 5.41) is 2.86. The predicted octanol–water partition coefficient (Wildman–Crippen LogP) is 4.72. The SMILES string of the molecule is Cc1ccc(NC(=O)C=Cc2ccc(Br)cc2)cc1C. The van der Waals surface area contributed by atoms with Gasteiger partial charge in [-0.3, -0.25) is 4.79 Å². The van der Waals surface area contributed by atoms with E-state index in [-0.39, 0.29) is 5.91 Å². The van der Waals surface area contributed by atoms with E-state index in [0.29, 0.717) is 0 Å². The largest absolute Gasteiger partial charge is 0.323 e. The third kappa shape index (κ3) is 4.07. The smallest absolute Gasteiger partial charge is 0.248 e. The standard InChI is InChI=1S/C17H16BrNO/c1-12-3-9-16(11-13(12)2)19-17(20)10-6-14-4-7-15(18)8-5-14/h3-11H,1-2H3,(H,19,20). The van der Waals surface area contributed by atoms with Gasteiger partial charge in [-0.15, -0.1) is 0 Å². The van der Waals surface area contributed by atoms with E-state index >= 15 is 0 Å². The van der Waals surface area contributed by atoms with Gasteiger partial charge < -0.3 is 5.32 Å². The zero-order chi connectivity index (χ0) is 14.5. The third-order valence-corrected chi connectivity index (χ3v) is 3.60. The van der Waals surface area contributed by atoms with Crippen molar-refractivity contribution in [3.63, 3.8) is 0 Å². The molecule has 0 radical (unpaired) electrons. The molecular weight excluding hydrogens is 314 g/mol. The van der Waals surface area contributed by atoms with Crippen LogP contribution in [0.5, 0.6) is 0 Å². The van der Waals surface area contributed by atoms with E-state index < -0.39 is 0 Å². The maximum Gasteiger partial charge on any atom is 0.248 e. The van der Waals surface area contributed by atoms with Gasteiger partial charge >= 0.3 is 0 Å². The predicted molar refractivity (Wildman–Crippen MR) is 87.7 cm³/mol. The van der Waals surface area contributed by atoms with Gasteiger partial charge in [0.1, 0.15) is 0 Å². The van der Waals surface area contributed by atoms with Crippen LogP contribution >= 0.6 is 15.9 Å². The summed E-state index contributed by atoms with van der Waals surface area (Å²) in [5.41, 5.74) is 4.19. The van der Waals surface area contributed by atoms with Crippen molar-refractivity contribution in [2.75, 3.05) is 5.32 Å². The second-order valence-corrected chi connectivity index (χ2v) is 5.59. The normalized spacial score (nSPS) is 10.8. The van der Waals surface area contributed by atoms with Crippen molar-refractivity contribution in [3.8, 4) is 0 Å². The number of rotatable bonds is 3. The lowest BCUT2D eigenvalue weighted by molar-refractivity contribution is -0.111. The summed E-state index contributed by atoms with van der Waals surface area (Å²) in [6.07, 6.45) is 3.33. The maximum atomic E-state index is 11.8. The van der Waals surface area contributed by atoms with Crippen molar-refractivity contribution < 1.29 is 4.79 Å². The maximum absolute atomic E-state index is 11.8. The minimum absolute atomic E-state index is 0.129. The summed E-state index contributed by atoms with van der Waals surface area (Å²) in [6, 6.07) is 13.7. The number of nitrogens with one attached hydrogen (secondary N) is 1. The van der Waals surface area contributed by atoms with Crippen molar-refractivity contribution in [3.05, 3.63) is 69.7 Å². The Morgan fingerprint density at radius 3 is 2.40 bits per heavy atom. The van der Waals surface area contributed by atoms with E-state index in [1.165, 1.54) is 11.1 Å². The Morgan fingerprint density at radius 2 is 1.75 bits per heavy atom. The van der Waals surface area contributed by atoms with Gasteiger partial charge in [-0.1, -0.05) is 34.1 Å². The summed E-state index contributed by atoms with van der Waals surface area (Å²) in [4.78, 5) is 11.8. The molecule has 2 aromatic carbocycles. The first-order valence-electron chi connectivity index (χ1n) is 6.36. The van der Waals surface area contributed by atoms with Crippen LogP contribution in [0, 0.1) is 13.8 Å². The molecule has 0 saturated heterocycles. The lowest BCUT2D eigenvalue weighted by Crippen LogP contribution is -2.07. The topological polar surface area (TPSA) is 29.1 Å². The van der Waals surface area contributed by atoms with Gasteiger partial charge in [0.2, 0.25) is 5.91 Å². The van der Waals surface area contributed by atoms with Crippen LogP contribution in [0.1, 0.15) is 16.7 Å². The first-order chi connectivity index (χ1) is 9.54. The molecule has 0 atom stereocenters. The van der Waals surface area contributed by atoms with Crippen LogP contribution in [-0.2, 0) is 4.79 Å². The molecule has 0 bridgehead atoms. The molecule has 0 fully saturated rings. The zero-order valence-electron chi connectivity index (χ0n) is 11.5. The summed E-state index contributed by atoms with van der Waals surface area (Å²) < 4.78 is 1.02. The van der Waals surface area contributed by atoms with E-state index in [2.05, 4.69) is 21.2 Å². The Labute approximate surface area is 127 Å². The van der Waals surface area contributed by atoms with Crippen molar-refractivity contribution in [1.29, 1.82) is 0 Å². The lowest BCUT2D eigenvalue weighted by atomic mass is 10.1. The molecule has 2 nitrogen and oxygen atoms in total. The first kappa shape index (κ1) is 14.5. The van der Waals surface area contributed by atoms with Crippen LogP contribution in [0.2, 0.25) is 0 Å². The number of hydrogen-bond acceptors (Lipinski definition) is 1. The average molecular weight is 330 g/mol. The lowest BCUT2D eigenvalue weighted by Gasteiger charge is -2.05. The van der Waals surface area contributed by atoms with Gasteiger partial charge in [-0.25, -0.2) is 0 Å². The molecule has 20 heavy (non-hydrogen) atoms. The van der Waals surface area contributed by atoms with Gasteiger partial charge in [-0.05, 0) is 60.9 Å². The van der Waals surface area contributed by atoms with Crippen LogP contribution in [-0.4, -0.2) is 5.91 Å². The van der Waals surface area contributed by atoms with Crippen LogP contribution in [0.4, 0.5) is 5.69 Å². The van der Waals surface area contributed by atoms with Gasteiger partial charge in [0.15, 0.2) is 0 Å². The van der Waals surface area contributed by atoms with Crippen LogP contribution in [0.3, 0.4) is 0 Å². The fourth-order valence-electron chi connectivity index (χ4n) is 1.75. The number of hydrogen-bond donors (Lipinski definition) is 1. The molecular formula is C17H16BrNO. The second-order valence-electron chi connectivity index (χ2n) is 4.67. The van der Waals surface area contributed by atoms with Crippen LogP contribution < -0.4 is 5.32 Å². The van der Waals surface area contributed by atoms with Gasteiger partial charge in [-0.2, -0.15) is 0 Å². The van der Waals surface area contributed by atoms with Crippen LogP contribution in [0.25, 0.3) is 6.08 Å². The number of anilines is 1. The Balaban J connectivity index is 2.01. The summed E-state index contributed by atoms with van der Waals surface area (Å²) in [6.45, 7) is 4.08. The number of carbonyl (C=O) groups is 1. The van der Waals surface area contributed by atoms with Crippen molar-refractivity contribution in [2.45, 2.75) is 13.8 Å². The minimum atomic E-state index is -0.129. The van der Waals surface area contributed by atoms with E-state index in [1.807, 2.05) is 56.3 Å². The van der Waals surface area contributed by atoms with E-state index in [0.717, 1.165) is 15.7 Å². The number of benzene rings is 2. The molecule has 0 unspecified atom stereocenters. The van der Waals surface area contributed by atoms with Crippen LogP contribution in [0.15, 0.2) is 53.0 Å². The molecule has 0 aliphatic rings. The number of amides is 1. The second kappa shape index (κ2) is 6.53. The first-order valence-corrected chi connectivity index (χ1v) is 7.16. The Morgan fingerprint density at radius 1 is 1.05 bits per heavy atom. The Bertz CT molecular complexity index is 645. The fourth-order valence-corrected chi connectivity index (χ4v) is 2.01. The fraction of sp³-hybridized carbons (Fsp3) is 0.118. The highest BCUT2D eigenvalue weighted by Gasteiger charge is 1.99. The molecule has 0 saturated carbocycles. The molecule has 2 rings (SSSR count). The Hall–Kier alpha value is -1.87. The molecule has 1 amide bonds. The monoisotopic (exact) mass is 329 g/mol. The van der Waals surface area contributed by atoms with Crippen molar-refractivity contribution in [2.24, 2.45) is 0 Å². The van der Waals surface area contributed by atoms with E-state index in [1.54, 1.807) is 12.2 Å². The highest BCUT2D eigenvalue weighted by Crippen LogP contribution is 2.14. The number of halogens is 1. The molecule has 1 N–H and O–H groups in total. The number of aryl methyl sites for hydroxylation is 2. The molecule has 0 aliphatic carbocycles. The zero-order valence-corrected chi connectivity index (χ0v) is 13.1. The summed E-state index contributed by atoms with van der Waals surface area (Å²) in [5.74, 6) is -0.129. The quantitative estimate of drug-likeness (QED) is 0.811. The average Bonchev–Trinajstić information content (AvgIpc) is 2.42. The van der Waals surface area contributed by atoms with Crippen molar-refractivity contribution >= 4 is 33.6 Å². The highest BCUT2D eigenvalue weighted by molar-refractivity contribution is 9.10. The summed E-state index contributed by atoms with van der Waals surface area (Å²) >= 11 is 3.38. The highest BCUT2D eigenvalue weighted by atomic mass is 79.9. The Kier molecular flexibility index (Phi) is 4.74. The molecule has 2 aromatic rings. The van der Waals surface area contributed by atoms with E-state index in [4.69, 9.17) is 0 Å². The summed E-state index contributed by atoms with van der Waals surface area (Å²) in [7, 11) is 0. The third-order valence-electron chi connectivity index (χ3n) is 3.07.